The lowest BCUT2D eigenvalue weighted by molar-refractivity contribution is -0.136. The number of nitrogens with zero attached hydrogens (tertiary/aromatic N) is 2. The van der Waals surface area contributed by atoms with Crippen LogP contribution in [0.3, 0.4) is 0 Å². The van der Waals surface area contributed by atoms with Gasteiger partial charge in [0.05, 0.1) is 17.0 Å². The topological polar surface area (TPSA) is 79.2 Å². The third-order valence-corrected chi connectivity index (χ3v) is 6.92. The van der Waals surface area contributed by atoms with E-state index in [0.29, 0.717) is 28.3 Å². The Morgan fingerprint density at radius 2 is 1.76 bits per heavy atom. The van der Waals surface area contributed by atoms with Gasteiger partial charge in [-0.3, -0.25) is 14.5 Å². The molecule has 0 bridgehead atoms. The number of halogens is 1. The maximum atomic E-state index is 14.2. The molecule has 0 aliphatic carbocycles. The molecule has 0 aromatic heterocycles. The van der Waals surface area contributed by atoms with Gasteiger partial charge in [0.15, 0.2) is 5.17 Å². The summed E-state index contributed by atoms with van der Waals surface area (Å²) < 4.78 is 20.1. The van der Waals surface area contributed by atoms with Crippen molar-refractivity contribution in [3.05, 3.63) is 99.7 Å². The summed E-state index contributed by atoms with van der Waals surface area (Å²) in [6.07, 6.45) is 2.43. The first-order valence-electron chi connectivity index (χ1n) is 12.2. The largest absolute Gasteiger partial charge is 0.489 e. The van der Waals surface area contributed by atoms with E-state index >= 15 is 0 Å². The molecule has 0 unspecified atom stereocenters. The Hall–Kier alpha value is -3.91. The van der Waals surface area contributed by atoms with Gasteiger partial charge in [-0.05, 0) is 76.7 Å². The smallest absolute Gasteiger partial charge is 0.307 e. The van der Waals surface area contributed by atoms with Crippen LogP contribution in [0.4, 0.5) is 10.1 Å². The van der Waals surface area contributed by atoms with E-state index in [1.54, 1.807) is 13.1 Å². The molecule has 3 aromatic carbocycles. The number of rotatable bonds is 9. The van der Waals surface area contributed by atoms with E-state index in [4.69, 9.17) is 9.84 Å². The number of aliphatic carboxylic acids is 1. The molecular weight excluding hydrogens is 503 g/mol. The summed E-state index contributed by atoms with van der Waals surface area (Å²) in [5.74, 6) is -0.612. The minimum Gasteiger partial charge on any atom is -0.489 e. The molecule has 1 aliphatic rings. The second-order valence-corrected chi connectivity index (χ2v) is 10.5. The van der Waals surface area contributed by atoms with Crippen molar-refractivity contribution in [3.63, 3.8) is 0 Å². The Kier molecular flexibility index (Phi) is 8.63. The van der Waals surface area contributed by atoms with Crippen molar-refractivity contribution in [1.82, 2.24) is 4.90 Å². The molecule has 8 heteroatoms. The van der Waals surface area contributed by atoms with E-state index in [1.807, 2.05) is 24.3 Å². The molecular formula is C30H29FN2O4S. The number of amidine groups is 1. The number of amides is 1. The number of hydrogen-bond donors (Lipinski definition) is 1. The Morgan fingerprint density at radius 1 is 1.08 bits per heavy atom. The van der Waals surface area contributed by atoms with Gasteiger partial charge in [0, 0.05) is 7.05 Å². The Labute approximate surface area is 225 Å². The monoisotopic (exact) mass is 532 g/mol. The summed E-state index contributed by atoms with van der Waals surface area (Å²) in [6, 6.07) is 20.1. The zero-order valence-corrected chi connectivity index (χ0v) is 22.3. The summed E-state index contributed by atoms with van der Waals surface area (Å²) >= 11 is 1.19. The zero-order valence-electron chi connectivity index (χ0n) is 21.5. The number of hydrogen-bond acceptors (Lipinski definition) is 5. The first-order chi connectivity index (χ1) is 18.2. The van der Waals surface area contributed by atoms with Crippen LogP contribution in [0.1, 0.15) is 36.1 Å². The van der Waals surface area contributed by atoms with Crippen LogP contribution < -0.4 is 4.74 Å². The SMILES string of the molecule is CC(C)Cc1ccc(COc2ccc(C=C3SC(=Nc4ccc(CC(=O)O)c(F)c4)N(C)C3=O)cc2)cc1. The molecule has 1 fully saturated rings. The molecule has 0 atom stereocenters. The van der Waals surface area contributed by atoms with Gasteiger partial charge in [-0.15, -0.1) is 0 Å². The van der Waals surface area contributed by atoms with Gasteiger partial charge >= 0.3 is 5.97 Å². The number of carboxylic acid groups (broad SMARTS) is 1. The summed E-state index contributed by atoms with van der Waals surface area (Å²) in [5.41, 5.74) is 3.64. The maximum absolute atomic E-state index is 14.2. The number of carbonyl (C=O) groups is 2. The number of thioether (sulfide) groups is 1. The molecule has 1 saturated heterocycles. The van der Waals surface area contributed by atoms with Crippen molar-refractivity contribution in [1.29, 1.82) is 0 Å². The number of likely N-dealkylation sites (N-methyl/N-ethyl adjacent to an activating group) is 1. The van der Waals surface area contributed by atoms with Crippen LogP contribution in [0, 0.1) is 11.7 Å². The van der Waals surface area contributed by atoms with Gasteiger partial charge in [-0.2, -0.15) is 0 Å². The normalized spacial score (nSPS) is 15.6. The van der Waals surface area contributed by atoms with Gasteiger partial charge in [0.25, 0.3) is 5.91 Å². The van der Waals surface area contributed by atoms with Crippen LogP contribution in [-0.4, -0.2) is 34.1 Å². The molecule has 1 heterocycles. The summed E-state index contributed by atoms with van der Waals surface area (Å²) in [5, 5.41) is 9.28. The van der Waals surface area contributed by atoms with Gasteiger partial charge in [-0.25, -0.2) is 9.38 Å². The third-order valence-electron chi connectivity index (χ3n) is 5.86. The molecule has 0 spiro atoms. The van der Waals surface area contributed by atoms with E-state index in [-0.39, 0.29) is 11.5 Å². The molecule has 38 heavy (non-hydrogen) atoms. The minimum atomic E-state index is -1.11. The lowest BCUT2D eigenvalue weighted by atomic mass is 10.0. The second-order valence-electron chi connectivity index (χ2n) is 9.49. The van der Waals surface area contributed by atoms with Gasteiger partial charge in [-0.1, -0.05) is 56.3 Å². The Bertz CT molecular complexity index is 1380. The predicted molar refractivity (Wildman–Crippen MR) is 149 cm³/mol. The van der Waals surface area contributed by atoms with E-state index in [2.05, 4.69) is 43.1 Å². The number of carboxylic acids is 1. The lowest BCUT2D eigenvalue weighted by Crippen LogP contribution is -2.23. The average Bonchev–Trinajstić information content (AvgIpc) is 3.13. The highest BCUT2D eigenvalue weighted by Crippen LogP contribution is 2.33. The fourth-order valence-electron chi connectivity index (χ4n) is 3.90. The first-order valence-corrected chi connectivity index (χ1v) is 13.1. The van der Waals surface area contributed by atoms with Crippen molar-refractivity contribution in [2.24, 2.45) is 10.9 Å². The fraction of sp³-hybridized carbons (Fsp3) is 0.233. The average molecular weight is 533 g/mol. The highest BCUT2D eigenvalue weighted by atomic mass is 32.2. The zero-order chi connectivity index (χ0) is 27.2. The molecule has 6 nitrogen and oxygen atoms in total. The first kappa shape index (κ1) is 27.1. The molecule has 1 amide bonds. The van der Waals surface area contributed by atoms with E-state index in [9.17, 15) is 14.0 Å². The van der Waals surface area contributed by atoms with Crippen LogP contribution >= 0.6 is 11.8 Å². The van der Waals surface area contributed by atoms with E-state index < -0.39 is 18.2 Å². The fourth-order valence-corrected chi connectivity index (χ4v) is 4.88. The van der Waals surface area contributed by atoms with Crippen molar-refractivity contribution in [3.8, 4) is 5.75 Å². The van der Waals surface area contributed by atoms with Crippen LogP contribution in [-0.2, 0) is 29.0 Å². The van der Waals surface area contributed by atoms with Crippen molar-refractivity contribution >= 4 is 40.6 Å². The van der Waals surface area contributed by atoms with Crippen LogP contribution in [0.25, 0.3) is 6.08 Å². The van der Waals surface area contributed by atoms with Gasteiger partial charge < -0.3 is 9.84 Å². The number of benzene rings is 3. The Morgan fingerprint density at radius 3 is 2.39 bits per heavy atom. The summed E-state index contributed by atoms with van der Waals surface area (Å²) in [7, 11) is 1.61. The standard InChI is InChI=1S/C30H29FN2O4S/c1-19(2)14-20-4-6-22(7-5-20)18-37-25-12-8-21(9-13-25)15-27-29(36)33(3)30(38-27)32-24-11-10-23(16-28(34)35)26(31)17-24/h4-13,15,17,19H,14,16,18H2,1-3H3,(H,34,35). The van der Waals surface area contributed by atoms with Crippen molar-refractivity contribution < 1.29 is 23.8 Å². The molecule has 196 valence electrons. The third kappa shape index (κ3) is 7.10. The maximum Gasteiger partial charge on any atom is 0.307 e. The van der Waals surface area contributed by atoms with Crippen LogP contribution in [0.15, 0.2) is 76.6 Å². The lowest BCUT2D eigenvalue weighted by Gasteiger charge is -2.09. The van der Waals surface area contributed by atoms with Crippen molar-refractivity contribution in [2.45, 2.75) is 33.3 Å². The Balaban J connectivity index is 1.39. The predicted octanol–water partition coefficient (Wildman–Crippen LogP) is 6.46. The van der Waals surface area contributed by atoms with E-state index in [1.165, 1.54) is 40.4 Å². The summed E-state index contributed by atoms with van der Waals surface area (Å²) in [6.45, 7) is 4.88. The highest BCUT2D eigenvalue weighted by Gasteiger charge is 2.30. The minimum absolute atomic E-state index is 0.0810. The summed E-state index contributed by atoms with van der Waals surface area (Å²) in [4.78, 5) is 29.9. The molecule has 0 radical (unpaired) electrons. The number of ether oxygens (including phenoxy) is 1. The van der Waals surface area contributed by atoms with Crippen molar-refractivity contribution in [2.75, 3.05) is 7.05 Å². The highest BCUT2D eigenvalue weighted by molar-refractivity contribution is 8.18. The van der Waals surface area contributed by atoms with Crippen LogP contribution in [0.5, 0.6) is 5.75 Å². The quantitative estimate of drug-likeness (QED) is 0.320. The molecule has 3 aromatic rings. The molecule has 1 N–H and O–H groups in total. The molecule has 0 saturated carbocycles. The number of aliphatic imine (C=N–C) groups is 1. The molecule has 4 rings (SSSR count). The number of carbonyl (C=O) groups excluding carboxylic acids is 1. The van der Waals surface area contributed by atoms with Crippen LogP contribution in [0.2, 0.25) is 0 Å². The molecule has 1 aliphatic heterocycles. The van der Waals surface area contributed by atoms with Gasteiger partial charge in [0.2, 0.25) is 0 Å². The van der Waals surface area contributed by atoms with Gasteiger partial charge in [0.1, 0.15) is 18.2 Å². The second kappa shape index (κ2) is 12.1. The van der Waals surface area contributed by atoms with E-state index in [0.717, 1.165) is 23.3 Å².